The quantitative estimate of drug-likeness (QED) is 0.696. The fourth-order valence-corrected chi connectivity index (χ4v) is 2.23. The molecule has 0 bridgehead atoms. The smallest absolute Gasteiger partial charge is 0.429 e. The lowest BCUT2D eigenvalue weighted by atomic mass is 10.0. The molecule has 0 spiro atoms. The van der Waals surface area contributed by atoms with Crippen molar-refractivity contribution in [3.05, 3.63) is 63.7 Å². The molecule has 2 rings (SSSR count). The molecule has 118 valence electrons. The van der Waals surface area contributed by atoms with E-state index in [1.54, 1.807) is 13.8 Å². The van der Waals surface area contributed by atoms with Gasteiger partial charge in [-0.05, 0) is 74.2 Å². The summed E-state index contributed by atoms with van der Waals surface area (Å²) in [5.41, 5.74) is 1.31. The molecule has 2 aromatic carbocycles. The zero-order valence-corrected chi connectivity index (χ0v) is 12.7. The highest BCUT2D eigenvalue weighted by Crippen LogP contribution is 2.36. The van der Waals surface area contributed by atoms with Crippen molar-refractivity contribution in [2.75, 3.05) is 0 Å². The Kier molecular flexibility index (Phi) is 4.18. The van der Waals surface area contributed by atoms with E-state index in [1.165, 1.54) is 19.1 Å². The second-order valence-electron chi connectivity index (χ2n) is 5.40. The van der Waals surface area contributed by atoms with E-state index in [1.807, 2.05) is 6.92 Å². The van der Waals surface area contributed by atoms with Crippen LogP contribution < -0.4 is 4.74 Å². The van der Waals surface area contributed by atoms with Crippen molar-refractivity contribution in [1.82, 2.24) is 0 Å². The van der Waals surface area contributed by atoms with Crippen LogP contribution in [0.25, 0.3) is 0 Å². The lowest BCUT2D eigenvalue weighted by Gasteiger charge is -2.20. The third kappa shape index (κ3) is 3.08. The Morgan fingerprint density at radius 2 is 1.27 bits per heavy atom. The number of halogens is 4. The van der Waals surface area contributed by atoms with E-state index < -0.39 is 23.3 Å². The van der Waals surface area contributed by atoms with Gasteiger partial charge >= 0.3 is 6.11 Å². The molecule has 0 amide bonds. The first-order chi connectivity index (χ1) is 10.1. The third-order valence-electron chi connectivity index (χ3n) is 3.62. The number of ether oxygens (including phenoxy) is 1. The van der Waals surface area contributed by atoms with E-state index >= 15 is 0 Å². The number of rotatable bonds is 3. The van der Waals surface area contributed by atoms with Gasteiger partial charge in [0.25, 0.3) is 0 Å². The van der Waals surface area contributed by atoms with E-state index in [0.717, 1.165) is 28.8 Å². The number of hydrogen-bond donors (Lipinski definition) is 0. The Morgan fingerprint density at radius 3 is 1.73 bits per heavy atom. The predicted molar refractivity (Wildman–Crippen MR) is 76.3 cm³/mol. The molecule has 0 radical (unpaired) electrons. The first-order valence-corrected chi connectivity index (χ1v) is 6.72. The molecule has 0 saturated heterocycles. The van der Waals surface area contributed by atoms with Gasteiger partial charge in [0.2, 0.25) is 0 Å². The third-order valence-corrected chi connectivity index (χ3v) is 3.62. The van der Waals surface area contributed by atoms with Gasteiger partial charge in [-0.2, -0.15) is 8.78 Å². The Morgan fingerprint density at radius 1 is 0.818 bits per heavy atom. The second-order valence-corrected chi connectivity index (χ2v) is 5.40. The summed E-state index contributed by atoms with van der Waals surface area (Å²) in [4.78, 5) is 0. The number of benzene rings is 2. The Labute approximate surface area is 126 Å². The predicted octanol–water partition coefficient (Wildman–Crippen LogP) is 5.33. The number of hydrogen-bond acceptors (Lipinski definition) is 1. The minimum Gasteiger partial charge on any atom is -0.429 e. The summed E-state index contributed by atoms with van der Waals surface area (Å²) in [6.45, 7) is 6.77. The maximum absolute atomic E-state index is 14.2. The van der Waals surface area contributed by atoms with Crippen LogP contribution in [0.3, 0.4) is 0 Å². The van der Waals surface area contributed by atoms with Crippen LogP contribution in [-0.4, -0.2) is 0 Å². The summed E-state index contributed by atoms with van der Waals surface area (Å²) in [6.07, 6.45) is -4.10. The fourth-order valence-electron chi connectivity index (χ4n) is 2.23. The molecule has 0 saturated carbocycles. The topological polar surface area (TPSA) is 9.23 Å². The van der Waals surface area contributed by atoms with Crippen LogP contribution in [0.2, 0.25) is 0 Å². The van der Waals surface area contributed by atoms with Gasteiger partial charge in [0.15, 0.2) is 0 Å². The molecule has 0 aliphatic carbocycles. The molecule has 0 N–H and O–H groups in total. The lowest BCUT2D eigenvalue weighted by Crippen LogP contribution is -2.25. The summed E-state index contributed by atoms with van der Waals surface area (Å²) in [5, 5.41) is 0. The van der Waals surface area contributed by atoms with Crippen LogP contribution >= 0.6 is 0 Å². The maximum Gasteiger partial charge on any atom is 0.432 e. The van der Waals surface area contributed by atoms with Crippen molar-refractivity contribution in [2.45, 2.75) is 33.8 Å². The van der Waals surface area contributed by atoms with E-state index in [9.17, 15) is 17.6 Å². The summed E-state index contributed by atoms with van der Waals surface area (Å²) >= 11 is 0. The minimum absolute atomic E-state index is 0.134. The van der Waals surface area contributed by atoms with Crippen LogP contribution in [0, 0.1) is 39.3 Å². The van der Waals surface area contributed by atoms with Crippen molar-refractivity contribution >= 4 is 0 Å². The molecule has 0 aromatic heterocycles. The van der Waals surface area contributed by atoms with Gasteiger partial charge in [-0.3, -0.25) is 0 Å². The molecule has 0 atom stereocenters. The van der Waals surface area contributed by atoms with Crippen LogP contribution in [0.15, 0.2) is 24.3 Å². The summed E-state index contributed by atoms with van der Waals surface area (Å²) in [7, 11) is 0. The standard InChI is InChI=1S/C17H16F4O/c1-9-5-14(18)16(15(19)6-9)17(20,21)22-13-7-10(2)12(4)11(3)8-13/h5-8H,1-4H3. The highest BCUT2D eigenvalue weighted by atomic mass is 19.3. The van der Waals surface area contributed by atoms with E-state index in [4.69, 9.17) is 0 Å². The summed E-state index contributed by atoms with van der Waals surface area (Å²) in [6, 6.07) is 4.53. The molecule has 22 heavy (non-hydrogen) atoms. The van der Waals surface area contributed by atoms with Gasteiger partial charge in [0.05, 0.1) is 0 Å². The lowest BCUT2D eigenvalue weighted by molar-refractivity contribution is -0.189. The molecular formula is C17H16F4O. The highest BCUT2D eigenvalue weighted by molar-refractivity contribution is 5.40. The van der Waals surface area contributed by atoms with Gasteiger partial charge < -0.3 is 4.74 Å². The summed E-state index contributed by atoms with van der Waals surface area (Å²) in [5.74, 6) is -2.80. The minimum atomic E-state index is -4.10. The fraction of sp³-hybridized carbons (Fsp3) is 0.294. The van der Waals surface area contributed by atoms with Crippen molar-refractivity contribution in [3.63, 3.8) is 0 Å². The van der Waals surface area contributed by atoms with Crippen molar-refractivity contribution < 1.29 is 22.3 Å². The first-order valence-electron chi connectivity index (χ1n) is 6.72. The average molecular weight is 312 g/mol. The zero-order valence-electron chi connectivity index (χ0n) is 12.7. The van der Waals surface area contributed by atoms with E-state index in [-0.39, 0.29) is 11.3 Å². The van der Waals surface area contributed by atoms with Gasteiger partial charge in [-0.25, -0.2) is 8.78 Å². The van der Waals surface area contributed by atoms with Crippen molar-refractivity contribution in [1.29, 1.82) is 0 Å². The van der Waals surface area contributed by atoms with E-state index in [0.29, 0.717) is 0 Å². The zero-order chi connectivity index (χ0) is 16.7. The first kappa shape index (κ1) is 16.3. The number of alkyl halides is 2. The molecule has 0 heterocycles. The maximum atomic E-state index is 14.2. The normalized spacial score (nSPS) is 11.6. The largest absolute Gasteiger partial charge is 0.432 e. The Bertz CT molecular complexity index is 677. The highest BCUT2D eigenvalue weighted by Gasteiger charge is 2.41. The van der Waals surface area contributed by atoms with Gasteiger partial charge in [0.1, 0.15) is 22.9 Å². The average Bonchev–Trinajstić information content (AvgIpc) is 2.33. The number of aryl methyl sites for hydroxylation is 3. The van der Waals surface area contributed by atoms with Crippen LogP contribution in [0.1, 0.15) is 27.8 Å². The van der Waals surface area contributed by atoms with Gasteiger partial charge in [0, 0.05) is 0 Å². The Balaban J connectivity index is 2.44. The molecule has 0 aliphatic heterocycles. The molecule has 2 aromatic rings. The van der Waals surface area contributed by atoms with Crippen LogP contribution in [0.4, 0.5) is 17.6 Å². The van der Waals surface area contributed by atoms with Crippen molar-refractivity contribution in [3.8, 4) is 5.75 Å². The summed E-state index contributed by atoms with van der Waals surface area (Å²) < 4.78 is 60.4. The molecule has 1 nitrogen and oxygen atoms in total. The molecule has 0 aliphatic rings. The second kappa shape index (κ2) is 5.63. The molecule has 0 fully saturated rings. The molecular weight excluding hydrogens is 296 g/mol. The van der Waals surface area contributed by atoms with Gasteiger partial charge in [-0.15, -0.1) is 0 Å². The van der Waals surface area contributed by atoms with Crippen LogP contribution in [0.5, 0.6) is 5.75 Å². The van der Waals surface area contributed by atoms with Gasteiger partial charge in [-0.1, -0.05) is 0 Å². The van der Waals surface area contributed by atoms with Crippen LogP contribution in [-0.2, 0) is 6.11 Å². The monoisotopic (exact) mass is 312 g/mol. The SMILES string of the molecule is Cc1cc(F)c(C(F)(F)Oc2cc(C)c(C)c(C)c2)c(F)c1. The molecule has 0 unspecified atom stereocenters. The van der Waals surface area contributed by atoms with Crippen molar-refractivity contribution in [2.24, 2.45) is 0 Å². The van der Waals surface area contributed by atoms with E-state index in [2.05, 4.69) is 4.74 Å². The Hall–Kier alpha value is -2.04. The molecule has 5 heteroatoms.